The number of carbonyl (C=O) groups is 2. The Morgan fingerprint density at radius 3 is 1.32 bits per heavy atom. The molecule has 0 aliphatic rings. The molecule has 22 heavy (non-hydrogen) atoms. The van der Waals surface area contributed by atoms with Gasteiger partial charge in [0.1, 0.15) is 0 Å². The van der Waals surface area contributed by atoms with Crippen LogP contribution in [0.25, 0.3) is 0 Å². The Bertz CT molecular complexity index is 168. The fraction of sp³-hybridized carbons (Fsp3) is 0.800. The normalized spacial score (nSPS) is 6.68. The minimum Gasteiger partial charge on any atom is -1.00 e. The summed E-state index contributed by atoms with van der Waals surface area (Å²) in [6.45, 7) is 0.951. The van der Waals surface area contributed by atoms with E-state index in [0.717, 1.165) is 0 Å². The summed E-state index contributed by atoms with van der Waals surface area (Å²) in [4.78, 5) is 21.0. The van der Waals surface area contributed by atoms with Crippen molar-refractivity contribution < 1.29 is 153 Å². The van der Waals surface area contributed by atoms with Crippen LogP contribution in [0, 0.1) is 0 Å². The van der Waals surface area contributed by atoms with Gasteiger partial charge >= 0.3 is 109 Å². The van der Waals surface area contributed by atoms with Crippen LogP contribution >= 0.6 is 0 Å². The zero-order valence-electron chi connectivity index (χ0n) is 15.1. The molecule has 2 N–H and O–H groups in total. The third-order valence-electron chi connectivity index (χ3n) is 0.964. The molecule has 0 rings (SSSR count). The fourth-order valence-corrected chi connectivity index (χ4v) is 0.250. The molecule has 0 saturated carbocycles. The van der Waals surface area contributed by atoms with E-state index in [9.17, 15) is 4.79 Å². The number of methoxy groups -OCH3 is 4. The molecule has 10 nitrogen and oxygen atoms in total. The van der Waals surface area contributed by atoms with Crippen molar-refractivity contribution in [2.75, 3.05) is 54.9 Å². The monoisotopic (exact) mass is 382 g/mol. The molecule has 126 valence electrons. The number of carbonyl (C=O) groups excluding carboxylic acids is 2. The Morgan fingerprint density at radius 1 is 1.00 bits per heavy atom. The van der Waals surface area contributed by atoms with Crippen LogP contribution in [0.5, 0.6) is 0 Å². The van der Waals surface area contributed by atoms with Crippen molar-refractivity contribution in [3.8, 4) is 0 Å². The van der Waals surface area contributed by atoms with Crippen LogP contribution in [-0.2, 0) is 28.6 Å². The third-order valence-corrected chi connectivity index (χ3v) is 0.964. The van der Waals surface area contributed by atoms with Gasteiger partial charge in [0.2, 0.25) is 0 Å². The molecule has 0 fully saturated rings. The van der Waals surface area contributed by atoms with Crippen molar-refractivity contribution in [3.63, 3.8) is 0 Å². The van der Waals surface area contributed by atoms with Crippen LogP contribution in [0.3, 0.4) is 0 Å². The number of aliphatic hydroxyl groups is 2. The summed E-state index contributed by atoms with van der Waals surface area (Å²) in [6, 6.07) is 0. The van der Waals surface area contributed by atoms with E-state index < -0.39 is 6.16 Å². The van der Waals surface area contributed by atoms with E-state index in [1.54, 1.807) is 14.2 Å². The van der Waals surface area contributed by atoms with Crippen LogP contribution in [0.15, 0.2) is 0 Å². The molecule has 0 aromatic rings. The van der Waals surface area contributed by atoms with Crippen molar-refractivity contribution in [1.29, 1.82) is 0 Å². The molecule has 0 saturated heterocycles. The van der Waals surface area contributed by atoms with Gasteiger partial charge in [0.15, 0.2) is 0 Å². The van der Waals surface area contributed by atoms with Gasteiger partial charge in [0.25, 0.3) is 6.47 Å². The van der Waals surface area contributed by atoms with Crippen LogP contribution in [0.1, 0.15) is 1.43 Å². The van der Waals surface area contributed by atoms with Crippen molar-refractivity contribution in [1.82, 2.24) is 0 Å². The minimum absolute atomic E-state index is 0. The first kappa shape index (κ1) is 39.1. The Kier molecular flexibility index (Phi) is 87.8. The molecule has 0 spiro atoms. The standard InChI is InChI=1S/C4H10O2.C3H6O3.C2H6O2.CH2O3.2K.H/c1-5-3-4-6-2;1-5-3(4)6-2;3-1-2-4;2-1-4-3;;;/h3-4H2,1-2H3;1-2H3;3-4H,1-2H2;1,3H;;;/q;;;;2*+1;-1/p-1. The number of hydrogen-bond acceptors (Lipinski definition) is 10. The molecule has 0 unspecified atom stereocenters. The van der Waals surface area contributed by atoms with Gasteiger partial charge in [-0.1, -0.05) is 0 Å². The average molecular weight is 382 g/mol. The van der Waals surface area contributed by atoms with Crippen molar-refractivity contribution in [2.24, 2.45) is 0 Å². The number of ether oxygens (including phenoxy) is 4. The van der Waals surface area contributed by atoms with Gasteiger partial charge in [0.05, 0.1) is 40.6 Å². The number of hydrogen-bond donors (Lipinski definition) is 2. The summed E-state index contributed by atoms with van der Waals surface area (Å²) < 4.78 is 17.4. The minimum atomic E-state index is -0.657. The van der Waals surface area contributed by atoms with E-state index in [2.05, 4.69) is 23.8 Å². The molecule has 0 aliphatic carbocycles. The molecule has 0 amide bonds. The van der Waals surface area contributed by atoms with Crippen LogP contribution in [0.2, 0.25) is 0 Å². The Balaban J connectivity index is -0.0000000289. The Hall–Kier alpha value is 1.81. The van der Waals surface area contributed by atoms with E-state index >= 15 is 0 Å². The maximum absolute atomic E-state index is 9.74. The van der Waals surface area contributed by atoms with Gasteiger partial charge in [-0.25, -0.2) is 4.79 Å². The zero-order valence-corrected chi connectivity index (χ0v) is 20.3. The van der Waals surface area contributed by atoms with E-state index in [1.807, 2.05) is 0 Å². The van der Waals surface area contributed by atoms with E-state index in [-0.39, 0.29) is 124 Å². The topological polar surface area (TPSA) is 144 Å². The first-order valence-corrected chi connectivity index (χ1v) is 5.09. The third kappa shape index (κ3) is 80.8. The summed E-state index contributed by atoms with van der Waals surface area (Å²) in [5.41, 5.74) is 0. The Labute approximate surface area is 217 Å². The summed E-state index contributed by atoms with van der Waals surface area (Å²) in [5, 5.41) is 23.7. The quantitative estimate of drug-likeness (QED) is 0.117. The van der Waals surface area contributed by atoms with Gasteiger partial charge in [-0.3, -0.25) is 4.79 Å². The number of aliphatic hydroxyl groups excluding tert-OH is 2. The molecule has 0 aromatic heterocycles. The van der Waals surface area contributed by atoms with Gasteiger partial charge in [0, 0.05) is 14.2 Å². The van der Waals surface area contributed by atoms with Crippen LogP contribution in [-0.4, -0.2) is 77.7 Å². The molecule has 0 heterocycles. The second-order valence-electron chi connectivity index (χ2n) is 2.28. The SMILES string of the molecule is COC(=O)OC.COCCOC.O=CO[O-].OCCO.[H-].[K+].[K+]. The predicted molar refractivity (Wildman–Crippen MR) is 65.6 cm³/mol. The van der Waals surface area contributed by atoms with Gasteiger partial charge in [-0.05, 0) is 0 Å². The molecule has 0 atom stereocenters. The summed E-state index contributed by atoms with van der Waals surface area (Å²) in [5.74, 6) is 0. The summed E-state index contributed by atoms with van der Waals surface area (Å²) in [6.07, 6.45) is -0.657. The largest absolute Gasteiger partial charge is 1.00 e. The van der Waals surface area contributed by atoms with Crippen LogP contribution < -0.4 is 108 Å². The molecular formula is C10H24K2O10. The van der Waals surface area contributed by atoms with E-state index in [4.69, 9.17) is 20.3 Å². The molecule has 12 heteroatoms. The maximum Gasteiger partial charge on any atom is 1.00 e. The molecule has 0 aromatic carbocycles. The van der Waals surface area contributed by atoms with Gasteiger partial charge in [-0.15, -0.1) is 0 Å². The van der Waals surface area contributed by atoms with Crippen molar-refractivity contribution in [2.45, 2.75) is 0 Å². The molecule has 0 bridgehead atoms. The summed E-state index contributed by atoms with van der Waals surface area (Å²) >= 11 is 0. The predicted octanol–water partition coefficient (Wildman–Crippen LogP) is -7.80. The molecular weight excluding hydrogens is 358 g/mol. The second kappa shape index (κ2) is 49.5. The molecule has 0 aliphatic heterocycles. The Morgan fingerprint density at radius 2 is 1.27 bits per heavy atom. The van der Waals surface area contributed by atoms with Crippen molar-refractivity contribution in [3.05, 3.63) is 0 Å². The van der Waals surface area contributed by atoms with E-state index in [1.165, 1.54) is 14.2 Å². The van der Waals surface area contributed by atoms with E-state index in [0.29, 0.717) is 13.2 Å². The number of rotatable bonds is 5. The molecule has 0 radical (unpaired) electrons. The van der Waals surface area contributed by atoms with Crippen LogP contribution in [0.4, 0.5) is 4.79 Å². The van der Waals surface area contributed by atoms with Crippen molar-refractivity contribution >= 4 is 12.6 Å². The first-order valence-electron chi connectivity index (χ1n) is 5.09. The summed E-state index contributed by atoms with van der Waals surface area (Å²) in [7, 11) is 5.82. The van der Waals surface area contributed by atoms with Gasteiger partial charge < -0.3 is 40.7 Å². The first-order chi connectivity index (χ1) is 9.55. The average Bonchev–Trinajstić information content (AvgIpc) is 2.52. The zero-order chi connectivity index (χ0) is 16.6. The fourth-order valence-electron chi connectivity index (χ4n) is 0.250. The second-order valence-corrected chi connectivity index (χ2v) is 2.28. The maximum atomic E-state index is 9.74. The van der Waals surface area contributed by atoms with Gasteiger partial charge in [-0.2, -0.15) is 0 Å². The smallest absolute Gasteiger partial charge is 1.00 e.